The highest BCUT2D eigenvalue weighted by molar-refractivity contribution is 5.78. The van der Waals surface area contributed by atoms with E-state index in [0.29, 0.717) is 0 Å². The van der Waals surface area contributed by atoms with Crippen molar-refractivity contribution in [2.45, 2.75) is 32.1 Å². The lowest BCUT2D eigenvalue weighted by Crippen LogP contribution is -2.22. The average Bonchev–Trinajstić information content (AvgIpc) is 2.67. The Kier molecular flexibility index (Phi) is 7.38. The van der Waals surface area contributed by atoms with E-state index in [1.165, 1.54) is 0 Å². The van der Waals surface area contributed by atoms with Gasteiger partial charge in [-0.05, 0) is 24.3 Å². The van der Waals surface area contributed by atoms with E-state index in [9.17, 15) is 9.59 Å². The topological polar surface area (TPSA) is 65.0 Å². The SMILES string of the molecule is C=NC(CCC(=O)OCc1ccccc1)C(=O)OCc1ccccc1. The molecule has 0 heterocycles. The van der Waals surface area contributed by atoms with Gasteiger partial charge in [-0.25, -0.2) is 4.79 Å². The third kappa shape index (κ3) is 6.59. The van der Waals surface area contributed by atoms with Crippen molar-refractivity contribution in [3.8, 4) is 0 Å². The van der Waals surface area contributed by atoms with Gasteiger partial charge in [0.05, 0.1) is 0 Å². The lowest BCUT2D eigenvalue weighted by Gasteiger charge is -2.12. The molecule has 1 unspecified atom stereocenters. The predicted octanol–water partition coefficient (Wildman–Crippen LogP) is 3.32. The van der Waals surface area contributed by atoms with Crippen molar-refractivity contribution in [2.24, 2.45) is 4.99 Å². The molecule has 0 amide bonds. The summed E-state index contributed by atoms with van der Waals surface area (Å²) in [5.74, 6) is -0.872. The van der Waals surface area contributed by atoms with Crippen molar-refractivity contribution >= 4 is 18.7 Å². The Morgan fingerprint density at radius 3 is 1.92 bits per heavy atom. The van der Waals surface area contributed by atoms with E-state index >= 15 is 0 Å². The third-order valence-electron chi connectivity index (χ3n) is 3.58. The molecule has 5 heteroatoms. The number of carbonyl (C=O) groups excluding carboxylic acids is 2. The van der Waals surface area contributed by atoms with E-state index in [-0.39, 0.29) is 32.0 Å². The third-order valence-corrected chi connectivity index (χ3v) is 3.58. The fourth-order valence-electron chi connectivity index (χ4n) is 2.17. The van der Waals surface area contributed by atoms with Gasteiger partial charge in [0.25, 0.3) is 0 Å². The zero-order chi connectivity index (χ0) is 17.9. The first kappa shape index (κ1) is 18.4. The van der Waals surface area contributed by atoms with Crippen LogP contribution < -0.4 is 0 Å². The molecule has 2 aromatic rings. The van der Waals surface area contributed by atoms with E-state index in [2.05, 4.69) is 11.7 Å². The van der Waals surface area contributed by atoms with Crippen LogP contribution in [0, 0.1) is 0 Å². The summed E-state index contributed by atoms with van der Waals surface area (Å²) in [6.07, 6.45) is 0.293. The van der Waals surface area contributed by atoms with E-state index in [0.717, 1.165) is 11.1 Å². The molecule has 0 aromatic heterocycles. The van der Waals surface area contributed by atoms with Crippen molar-refractivity contribution in [2.75, 3.05) is 0 Å². The second kappa shape index (κ2) is 10.0. The number of carbonyl (C=O) groups is 2. The van der Waals surface area contributed by atoms with Crippen LogP contribution in [0.3, 0.4) is 0 Å². The first-order chi connectivity index (χ1) is 12.2. The monoisotopic (exact) mass is 339 g/mol. The van der Waals surface area contributed by atoms with Crippen molar-refractivity contribution in [1.82, 2.24) is 0 Å². The molecule has 2 rings (SSSR count). The Hall–Kier alpha value is -2.95. The number of nitrogens with zero attached hydrogens (tertiary/aromatic N) is 1. The lowest BCUT2D eigenvalue weighted by atomic mass is 10.1. The maximum atomic E-state index is 12.0. The Bertz CT molecular complexity index is 685. The van der Waals surface area contributed by atoms with Crippen molar-refractivity contribution in [1.29, 1.82) is 0 Å². The molecule has 0 spiro atoms. The first-order valence-corrected chi connectivity index (χ1v) is 8.05. The van der Waals surface area contributed by atoms with Gasteiger partial charge >= 0.3 is 11.9 Å². The quantitative estimate of drug-likeness (QED) is 0.519. The van der Waals surface area contributed by atoms with Gasteiger partial charge in [-0.1, -0.05) is 60.7 Å². The van der Waals surface area contributed by atoms with Crippen molar-refractivity contribution in [3.63, 3.8) is 0 Å². The number of ether oxygens (including phenoxy) is 2. The Morgan fingerprint density at radius 2 is 1.40 bits per heavy atom. The zero-order valence-electron chi connectivity index (χ0n) is 14.0. The largest absolute Gasteiger partial charge is 0.461 e. The molecule has 0 saturated carbocycles. The van der Waals surface area contributed by atoms with Gasteiger partial charge in [0.15, 0.2) is 0 Å². The van der Waals surface area contributed by atoms with Gasteiger partial charge in [-0.3, -0.25) is 9.79 Å². The highest BCUT2D eigenvalue weighted by atomic mass is 16.5. The number of hydrogen-bond donors (Lipinski definition) is 0. The van der Waals surface area contributed by atoms with Crippen LogP contribution in [0.25, 0.3) is 0 Å². The molecule has 0 aliphatic heterocycles. The number of esters is 2. The Labute approximate surface area is 147 Å². The van der Waals surface area contributed by atoms with Crippen molar-refractivity contribution < 1.29 is 19.1 Å². The second-order valence-corrected chi connectivity index (χ2v) is 5.48. The van der Waals surface area contributed by atoms with Crippen LogP contribution in [-0.4, -0.2) is 24.7 Å². The molecule has 1 atom stereocenters. The van der Waals surface area contributed by atoms with Crippen LogP contribution in [0.4, 0.5) is 0 Å². The predicted molar refractivity (Wildman–Crippen MR) is 95.0 cm³/mol. The van der Waals surface area contributed by atoms with Gasteiger partial charge in [0.1, 0.15) is 19.3 Å². The van der Waals surface area contributed by atoms with Crippen LogP contribution in [0.5, 0.6) is 0 Å². The van der Waals surface area contributed by atoms with E-state index in [1.807, 2.05) is 60.7 Å². The summed E-state index contributed by atoms with van der Waals surface area (Å²) >= 11 is 0. The highest BCUT2D eigenvalue weighted by Crippen LogP contribution is 2.09. The van der Waals surface area contributed by atoms with Crippen LogP contribution >= 0.6 is 0 Å². The molecule has 0 aliphatic carbocycles. The standard InChI is InChI=1S/C20H21NO4/c1-21-18(20(23)25-15-17-10-6-3-7-11-17)12-13-19(22)24-14-16-8-4-2-5-9-16/h2-11,18H,1,12-15H2. The smallest absolute Gasteiger partial charge is 0.331 e. The minimum Gasteiger partial charge on any atom is -0.461 e. The van der Waals surface area contributed by atoms with Gasteiger partial charge in [0.2, 0.25) is 0 Å². The van der Waals surface area contributed by atoms with Crippen LogP contribution in [0.1, 0.15) is 24.0 Å². The number of hydrogen-bond acceptors (Lipinski definition) is 5. The fourth-order valence-corrected chi connectivity index (χ4v) is 2.17. The summed E-state index contributed by atoms with van der Waals surface area (Å²) in [7, 11) is 0. The van der Waals surface area contributed by atoms with Gasteiger partial charge < -0.3 is 9.47 Å². The first-order valence-electron chi connectivity index (χ1n) is 8.05. The summed E-state index contributed by atoms with van der Waals surface area (Å²) < 4.78 is 10.4. The van der Waals surface area contributed by atoms with E-state index in [1.54, 1.807) is 0 Å². The lowest BCUT2D eigenvalue weighted by molar-refractivity contribution is -0.148. The summed E-state index contributed by atoms with van der Waals surface area (Å²) in [5, 5.41) is 0. The molecule has 0 aliphatic rings. The minimum absolute atomic E-state index is 0.0803. The van der Waals surface area contributed by atoms with Crippen molar-refractivity contribution in [3.05, 3.63) is 71.8 Å². The summed E-state index contributed by atoms with van der Waals surface area (Å²) in [5.41, 5.74) is 1.80. The Morgan fingerprint density at radius 1 is 0.880 bits per heavy atom. The molecule has 130 valence electrons. The fraction of sp³-hybridized carbons (Fsp3) is 0.250. The molecule has 0 saturated heterocycles. The summed E-state index contributed by atoms with van der Waals surface area (Å²) in [4.78, 5) is 27.6. The average molecular weight is 339 g/mol. The summed E-state index contributed by atoms with van der Waals surface area (Å²) in [6.45, 7) is 3.79. The molecule has 0 radical (unpaired) electrons. The minimum atomic E-state index is -0.770. The number of benzene rings is 2. The van der Waals surface area contributed by atoms with Crippen LogP contribution in [0.15, 0.2) is 65.7 Å². The molecule has 2 aromatic carbocycles. The second-order valence-electron chi connectivity index (χ2n) is 5.48. The number of rotatable bonds is 9. The van der Waals surface area contributed by atoms with E-state index < -0.39 is 12.0 Å². The molecule has 25 heavy (non-hydrogen) atoms. The molecule has 0 fully saturated rings. The van der Waals surface area contributed by atoms with Gasteiger partial charge in [-0.2, -0.15) is 0 Å². The van der Waals surface area contributed by atoms with E-state index in [4.69, 9.17) is 9.47 Å². The van der Waals surface area contributed by atoms with Gasteiger partial charge in [-0.15, -0.1) is 0 Å². The highest BCUT2D eigenvalue weighted by Gasteiger charge is 2.20. The summed E-state index contributed by atoms with van der Waals surface area (Å²) in [6, 6.07) is 18.0. The zero-order valence-corrected chi connectivity index (χ0v) is 14.0. The van der Waals surface area contributed by atoms with Crippen LogP contribution in [0.2, 0.25) is 0 Å². The normalized spacial score (nSPS) is 11.4. The maximum Gasteiger partial charge on any atom is 0.331 e. The molecular weight excluding hydrogens is 318 g/mol. The Balaban J connectivity index is 1.72. The molecular formula is C20H21NO4. The van der Waals surface area contributed by atoms with Crippen LogP contribution in [-0.2, 0) is 32.3 Å². The number of aliphatic imine (C=N–C) groups is 1. The molecule has 0 N–H and O–H groups in total. The molecule has 0 bridgehead atoms. The molecule has 5 nitrogen and oxygen atoms in total. The maximum absolute atomic E-state index is 12.0. The van der Waals surface area contributed by atoms with Gasteiger partial charge in [0, 0.05) is 6.42 Å².